The Morgan fingerprint density at radius 1 is 1.13 bits per heavy atom. The first kappa shape index (κ1) is 28.0. The van der Waals surface area contributed by atoms with Crippen LogP contribution < -0.4 is 15.4 Å². The number of amides is 1. The lowest BCUT2D eigenvalue weighted by Gasteiger charge is -2.23. The van der Waals surface area contributed by atoms with Gasteiger partial charge in [-0.1, -0.05) is 23.7 Å². The van der Waals surface area contributed by atoms with Gasteiger partial charge in [0, 0.05) is 29.2 Å². The summed E-state index contributed by atoms with van der Waals surface area (Å²) in [7, 11) is 3.12. The number of carbonyl (C=O) groups is 2. The molecule has 1 aliphatic heterocycles. The zero-order valence-corrected chi connectivity index (χ0v) is 21.8. The van der Waals surface area contributed by atoms with E-state index in [1.165, 1.54) is 7.11 Å². The standard InChI is InChI=1S/C25H24ClF3N6O4/c1-13-33-34-22-20(21(23(36)31-11-10-30-2)39-24(37)25(27,28)29)32-19(14-4-6-15(26)7-5-14)17-12-16(38-3)8-9-18(17)35(13)22/h4-9,12,20-21,30H,10-11H2,1-3H3,(H,31,36)/t20-,21?/m1/s1. The number of ether oxygens (including phenoxy) is 2. The van der Waals surface area contributed by atoms with Crippen LogP contribution in [0.25, 0.3) is 5.69 Å². The van der Waals surface area contributed by atoms with Gasteiger partial charge in [0.15, 0.2) is 11.9 Å². The number of alkyl halides is 3. The van der Waals surface area contributed by atoms with E-state index in [9.17, 15) is 22.8 Å². The minimum atomic E-state index is -5.35. The maximum Gasteiger partial charge on any atom is 0.490 e. The van der Waals surface area contributed by atoms with Crippen molar-refractivity contribution in [1.82, 2.24) is 25.4 Å². The van der Waals surface area contributed by atoms with Crippen LogP contribution >= 0.6 is 11.6 Å². The Balaban J connectivity index is 1.96. The molecule has 1 amide bonds. The topological polar surface area (TPSA) is 120 Å². The van der Waals surface area contributed by atoms with Crippen LogP contribution in [0.4, 0.5) is 13.2 Å². The summed E-state index contributed by atoms with van der Waals surface area (Å²) in [5.41, 5.74) is 1.86. The number of halogens is 4. The number of aliphatic imine (C=N–C) groups is 1. The number of likely N-dealkylation sites (N-methyl/N-ethyl adjacent to an activating group) is 1. The highest BCUT2D eigenvalue weighted by Crippen LogP contribution is 2.36. The van der Waals surface area contributed by atoms with Crippen molar-refractivity contribution in [3.05, 3.63) is 70.3 Å². The number of aromatic nitrogens is 3. The lowest BCUT2D eigenvalue weighted by molar-refractivity contribution is -0.206. The number of nitrogens with one attached hydrogen (secondary N) is 2. The molecule has 206 valence electrons. The van der Waals surface area contributed by atoms with E-state index in [-0.39, 0.29) is 18.1 Å². The number of rotatable bonds is 8. The molecule has 14 heteroatoms. The van der Waals surface area contributed by atoms with Crippen LogP contribution in [0.3, 0.4) is 0 Å². The van der Waals surface area contributed by atoms with E-state index in [1.807, 2.05) is 0 Å². The normalized spacial score (nSPS) is 15.4. The molecule has 0 spiro atoms. The van der Waals surface area contributed by atoms with Crippen molar-refractivity contribution in [2.24, 2.45) is 4.99 Å². The molecule has 0 fully saturated rings. The summed E-state index contributed by atoms with van der Waals surface area (Å²) in [4.78, 5) is 29.9. The minimum absolute atomic E-state index is 0.00613. The van der Waals surface area contributed by atoms with Crippen molar-refractivity contribution in [2.75, 3.05) is 27.2 Å². The molecule has 0 aliphatic carbocycles. The summed E-state index contributed by atoms with van der Waals surface area (Å²) in [6, 6.07) is 10.2. The van der Waals surface area contributed by atoms with Crippen LogP contribution in [0.2, 0.25) is 5.02 Å². The lowest BCUT2D eigenvalue weighted by Crippen LogP contribution is -2.45. The van der Waals surface area contributed by atoms with E-state index in [0.717, 1.165) is 0 Å². The molecule has 3 aromatic rings. The van der Waals surface area contributed by atoms with E-state index >= 15 is 0 Å². The first-order chi connectivity index (χ1) is 18.5. The van der Waals surface area contributed by atoms with Gasteiger partial charge in [0.1, 0.15) is 11.6 Å². The van der Waals surface area contributed by atoms with Crippen LogP contribution in [0, 0.1) is 6.92 Å². The number of aryl methyl sites for hydroxylation is 1. The number of hydrogen-bond donors (Lipinski definition) is 2. The Morgan fingerprint density at radius 3 is 2.49 bits per heavy atom. The minimum Gasteiger partial charge on any atom is -0.497 e. The highest BCUT2D eigenvalue weighted by atomic mass is 35.5. The maximum atomic E-state index is 13.3. The average Bonchev–Trinajstić information content (AvgIpc) is 3.21. The van der Waals surface area contributed by atoms with Gasteiger partial charge >= 0.3 is 12.1 Å². The van der Waals surface area contributed by atoms with Crippen LogP contribution in [-0.4, -0.2) is 71.9 Å². The van der Waals surface area contributed by atoms with Gasteiger partial charge < -0.3 is 20.1 Å². The van der Waals surface area contributed by atoms with Crippen molar-refractivity contribution < 1.29 is 32.2 Å². The molecule has 1 aliphatic rings. The van der Waals surface area contributed by atoms with Gasteiger partial charge in [-0.05, 0) is 44.3 Å². The Kier molecular flexibility index (Phi) is 8.21. The number of hydrogen-bond acceptors (Lipinski definition) is 8. The number of benzene rings is 2. The number of nitrogens with zero attached hydrogens (tertiary/aromatic N) is 4. The molecule has 0 saturated heterocycles. The highest BCUT2D eigenvalue weighted by molar-refractivity contribution is 6.30. The van der Waals surface area contributed by atoms with E-state index in [4.69, 9.17) is 26.1 Å². The molecule has 0 saturated carbocycles. The van der Waals surface area contributed by atoms with Gasteiger partial charge in [-0.25, -0.2) is 4.79 Å². The molecule has 2 atom stereocenters. The predicted molar refractivity (Wildman–Crippen MR) is 135 cm³/mol. The summed E-state index contributed by atoms with van der Waals surface area (Å²) >= 11 is 6.08. The fraction of sp³-hybridized carbons (Fsp3) is 0.320. The molecular weight excluding hydrogens is 541 g/mol. The van der Waals surface area contributed by atoms with Gasteiger partial charge in [-0.15, -0.1) is 10.2 Å². The number of methoxy groups -OCH3 is 1. The summed E-state index contributed by atoms with van der Waals surface area (Å²) in [5, 5.41) is 14.0. The van der Waals surface area contributed by atoms with Crippen LogP contribution in [0.15, 0.2) is 47.5 Å². The lowest BCUT2D eigenvalue weighted by atomic mass is 10.00. The van der Waals surface area contributed by atoms with Gasteiger partial charge in [0.2, 0.25) is 6.10 Å². The first-order valence-electron chi connectivity index (χ1n) is 11.7. The first-order valence-corrected chi connectivity index (χ1v) is 12.1. The molecule has 4 rings (SSSR count). The van der Waals surface area contributed by atoms with Crippen molar-refractivity contribution in [3.8, 4) is 11.4 Å². The van der Waals surface area contributed by atoms with E-state index in [1.54, 1.807) is 61.0 Å². The molecule has 1 unspecified atom stereocenters. The number of fused-ring (bicyclic) bond motifs is 3. The molecule has 2 heterocycles. The third-order valence-electron chi connectivity index (χ3n) is 5.88. The molecule has 2 N–H and O–H groups in total. The molecule has 0 bridgehead atoms. The third kappa shape index (κ3) is 5.88. The van der Waals surface area contributed by atoms with Gasteiger partial charge in [0.05, 0.1) is 18.5 Å². The summed E-state index contributed by atoms with van der Waals surface area (Å²) in [5.74, 6) is -2.67. The number of esters is 1. The average molecular weight is 565 g/mol. The molecule has 0 radical (unpaired) electrons. The second-order valence-corrected chi connectivity index (χ2v) is 8.91. The second kappa shape index (κ2) is 11.4. The summed E-state index contributed by atoms with van der Waals surface area (Å²) in [6.07, 6.45) is -7.38. The zero-order chi connectivity index (χ0) is 28.3. The van der Waals surface area contributed by atoms with Gasteiger partial charge in [0.25, 0.3) is 5.91 Å². The fourth-order valence-electron chi connectivity index (χ4n) is 4.06. The van der Waals surface area contributed by atoms with Crippen molar-refractivity contribution >= 4 is 29.2 Å². The number of carbonyl (C=O) groups excluding carboxylic acids is 2. The molecular formula is C25H24ClF3N6O4. The van der Waals surface area contributed by atoms with E-state index < -0.39 is 30.2 Å². The Hall–Kier alpha value is -3.97. The molecule has 2 aromatic carbocycles. The highest BCUT2D eigenvalue weighted by Gasteiger charge is 2.47. The summed E-state index contributed by atoms with van der Waals surface area (Å²) < 4.78 is 51.6. The van der Waals surface area contributed by atoms with Crippen molar-refractivity contribution in [1.29, 1.82) is 0 Å². The van der Waals surface area contributed by atoms with Gasteiger partial charge in [-0.2, -0.15) is 13.2 Å². The maximum absolute atomic E-state index is 13.3. The van der Waals surface area contributed by atoms with E-state index in [2.05, 4.69) is 20.8 Å². The van der Waals surface area contributed by atoms with Gasteiger partial charge in [-0.3, -0.25) is 14.4 Å². The van der Waals surface area contributed by atoms with Crippen molar-refractivity contribution in [2.45, 2.75) is 25.2 Å². The monoisotopic (exact) mass is 564 g/mol. The SMILES string of the molecule is CNCCNC(=O)C(OC(=O)C(F)(F)F)[C@H]1N=C(c2ccc(Cl)cc2)c2cc(OC)ccc2-n2c(C)nnc21. The zero-order valence-electron chi connectivity index (χ0n) is 21.0. The second-order valence-electron chi connectivity index (χ2n) is 8.47. The summed E-state index contributed by atoms with van der Waals surface area (Å²) in [6.45, 7) is 2.01. The third-order valence-corrected chi connectivity index (χ3v) is 6.14. The fourth-order valence-corrected chi connectivity index (χ4v) is 4.18. The van der Waals surface area contributed by atoms with Crippen molar-refractivity contribution in [3.63, 3.8) is 0 Å². The molecule has 39 heavy (non-hydrogen) atoms. The molecule has 10 nitrogen and oxygen atoms in total. The quantitative estimate of drug-likeness (QED) is 0.319. The predicted octanol–water partition coefficient (Wildman–Crippen LogP) is 2.94. The Morgan fingerprint density at radius 2 is 1.85 bits per heavy atom. The van der Waals surface area contributed by atoms with E-state index in [0.29, 0.717) is 40.0 Å². The Bertz CT molecular complexity index is 1410. The van der Waals surface area contributed by atoms with Crippen LogP contribution in [0.5, 0.6) is 5.75 Å². The van der Waals surface area contributed by atoms with Crippen LogP contribution in [0.1, 0.15) is 28.8 Å². The van der Waals surface area contributed by atoms with Crippen LogP contribution in [-0.2, 0) is 14.3 Å². The largest absolute Gasteiger partial charge is 0.497 e. The Labute approximate surface area is 226 Å². The smallest absolute Gasteiger partial charge is 0.490 e. The molecule has 1 aromatic heterocycles.